The summed E-state index contributed by atoms with van der Waals surface area (Å²) in [5.74, 6) is 0.550. The minimum Gasteiger partial charge on any atom is -0.355 e. The van der Waals surface area contributed by atoms with E-state index in [0.29, 0.717) is 5.92 Å². The Kier molecular flexibility index (Phi) is 5.83. The van der Waals surface area contributed by atoms with Gasteiger partial charge in [-0.25, -0.2) is 0 Å². The van der Waals surface area contributed by atoms with Crippen LogP contribution in [-0.2, 0) is 9.47 Å². The van der Waals surface area contributed by atoms with Crippen molar-refractivity contribution in [2.24, 2.45) is 5.41 Å². The van der Waals surface area contributed by atoms with E-state index in [2.05, 4.69) is 51.1 Å². The van der Waals surface area contributed by atoms with Crippen molar-refractivity contribution >= 4 is 0 Å². The lowest BCUT2D eigenvalue weighted by Crippen LogP contribution is -2.34. The Labute approximate surface area is 111 Å². The Morgan fingerprint density at radius 3 is 2.06 bits per heavy atom. The average molecular weight is 250 g/mol. The molecule has 0 fully saturated rings. The molecule has 1 aromatic rings. The highest BCUT2D eigenvalue weighted by atomic mass is 16.7. The van der Waals surface area contributed by atoms with Crippen LogP contribution < -0.4 is 0 Å². The normalized spacial score (nSPS) is 13.9. The summed E-state index contributed by atoms with van der Waals surface area (Å²) in [6.07, 6.45) is 2.03. The van der Waals surface area contributed by atoms with E-state index in [0.717, 1.165) is 12.8 Å². The van der Waals surface area contributed by atoms with Crippen LogP contribution in [-0.4, -0.2) is 20.5 Å². The summed E-state index contributed by atoms with van der Waals surface area (Å²) in [7, 11) is 3.42. The first kappa shape index (κ1) is 15.2. The van der Waals surface area contributed by atoms with E-state index in [1.54, 1.807) is 14.2 Å². The van der Waals surface area contributed by atoms with Crippen LogP contribution in [0.2, 0.25) is 0 Å². The summed E-state index contributed by atoms with van der Waals surface area (Å²) in [4.78, 5) is 0. The van der Waals surface area contributed by atoms with E-state index in [4.69, 9.17) is 9.47 Å². The number of hydrogen-bond donors (Lipinski definition) is 0. The highest BCUT2D eigenvalue weighted by Crippen LogP contribution is 2.37. The lowest BCUT2D eigenvalue weighted by Gasteiger charge is -2.35. The maximum Gasteiger partial charge on any atom is 0.161 e. The van der Waals surface area contributed by atoms with Crippen molar-refractivity contribution in [3.8, 4) is 0 Å². The van der Waals surface area contributed by atoms with Gasteiger partial charge in [-0.15, -0.1) is 0 Å². The van der Waals surface area contributed by atoms with Crippen molar-refractivity contribution in [3.05, 3.63) is 35.9 Å². The fraction of sp³-hybridized carbons (Fsp3) is 0.625. The van der Waals surface area contributed by atoms with Crippen LogP contribution in [0.1, 0.15) is 45.1 Å². The van der Waals surface area contributed by atoms with Crippen molar-refractivity contribution < 1.29 is 9.47 Å². The van der Waals surface area contributed by atoms with Crippen molar-refractivity contribution in [2.75, 3.05) is 14.2 Å². The van der Waals surface area contributed by atoms with Crippen LogP contribution in [0.3, 0.4) is 0 Å². The highest BCUT2D eigenvalue weighted by Gasteiger charge is 2.32. The maximum atomic E-state index is 5.42. The van der Waals surface area contributed by atoms with Crippen molar-refractivity contribution in [1.82, 2.24) is 0 Å². The fourth-order valence-electron chi connectivity index (χ4n) is 2.69. The molecule has 0 aliphatic carbocycles. The lowest BCUT2D eigenvalue weighted by molar-refractivity contribution is -0.170. The van der Waals surface area contributed by atoms with Gasteiger partial charge in [0.25, 0.3) is 0 Å². The second-order valence-electron chi connectivity index (χ2n) is 5.51. The number of hydrogen-bond acceptors (Lipinski definition) is 2. The van der Waals surface area contributed by atoms with Crippen LogP contribution in [0.5, 0.6) is 0 Å². The molecule has 0 aliphatic rings. The van der Waals surface area contributed by atoms with Crippen LogP contribution in [0.15, 0.2) is 30.3 Å². The van der Waals surface area contributed by atoms with Gasteiger partial charge in [-0.05, 0) is 24.3 Å². The molecule has 0 spiro atoms. The second kappa shape index (κ2) is 6.91. The van der Waals surface area contributed by atoms with E-state index in [1.807, 2.05) is 0 Å². The molecule has 2 nitrogen and oxygen atoms in total. The SMILES string of the molecule is CCC(CC(C)(C)C(OC)OC)c1ccccc1. The zero-order valence-electron chi connectivity index (χ0n) is 12.3. The Morgan fingerprint density at radius 1 is 1.06 bits per heavy atom. The first-order chi connectivity index (χ1) is 8.55. The summed E-state index contributed by atoms with van der Waals surface area (Å²) >= 11 is 0. The van der Waals surface area contributed by atoms with Gasteiger partial charge < -0.3 is 9.47 Å². The van der Waals surface area contributed by atoms with Crippen molar-refractivity contribution in [2.45, 2.75) is 45.8 Å². The quantitative estimate of drug-likeness (QED) is 0.675. The van der Waals surface area contributed by atoms with Crippen LogP contribution in [0.4, 0.5) is 0 Å². The zero-order chi connectivity index (χ0) is 13.6. The second-order valence-corrected chi connectivity index (χ2v) is 5.51. The summed E-state index contributed by atoms with van der Waals surface area (Å²) in [5, 5.41) is 0. The molecular formula is C16H26O2. The van der Waals surface area contributed by atoms with Gasteiger partial charge in [-0.1, -0.05) is 51.1 Å². The standard InChI is InChI=1S/C16H26O2/c1-6-13(14-10-8-7-9-11-14)12-16(2,3)15(17-4)18-5/h7-11,13,15H,6,12H2,1-5H3. The van der Waals surface area contributed by atoms with Gasteiger partial charge in [-0.2, -0.15) is 0 Å². The molecule has 18 heavy (non-hydrogen) atoms. The summed E-state index contributed by atoms with van der Waals surface area (Å²) in [5.41, 5.74) is 1.40. The number of benzene rings is 1. The van der Waals surface area contributed by atoms with Crippen LogP contribution in [0, 0.1) is 5.41 Å². The molecule has 0 aliphatic heterocycles. The van der Waals surface area contributed by atoms with Gasteiger partial charge in [0.2, 0.25) is 0 Å². The lowest BCUT2D eigenvalue weighted by atomic mass is 9.78. The molecule has 1 rings (SSSR count). The van der Waals surface area contributed by atoms with Gasteiger partial charge in [-0.3, -0.25) is 0 Å². The Hall–Kier alpha value is -0.860. The van der Waals surface area contributed by atoms with E-state index < -0.39 is 0 Å². The predicted molar refractivity (Wildman–Crippen MR) is 75.7 cm³/mol. The number of ether oxygens (including phenoxy) is 2. The monoisotopic (exact) mass is 250 g/mol. The molecule has 1 unspecified atom stereocenters. The predicted octanol–water partition coefficient (Wildman–Crippen LogP) is 4.22. The van der Waals surface area contributed by atoms with Gasteiger partial charge in [0.05, 0.1) is 0 Å². The smallest absolute Gasteiger partial charge is 0.161 e. The minimum atomic E-state index is -0.157. The Balaban J connectivity index is 2.80. The third kappa shape index (κ3) is 3.82. The molecule has 0 N–H and O–H groups in total. The summed E-state index contributed by atoms with van der Waals surface area (Å²) < 4.78 is 10.8. The molecule has 0 radical (unpaired) electrons. The first-order valence-electron chi connectivity index (χ1n) is 6.65. The molecule has 0 amide bonds. The molecule has 0 saturated carbocycles. The Morgan fingerprint density at radius 2 is 1.61 bits per heavy atom. The van der Waals surface area contributed by atoms with Crippen molar-refractivity contribution in [3.63, 3.8) is 0 Å². The molecule has 1 aromatic carbocycles. The maximum absolute atomic E-state index is 5.42. The van der Waals surface area contributed by atoms with Gasteiger partial charge in [0, 0.05) is 19.6 Å². The average Bonchev–Trinajstić information content (AvgIpc) is 2.38. The van der Waals surface area contributed by atoms with Gasteiger partial charge in [0.1, 0.15) is 0 Å². The van der Waals surface area contributed by atoms with Gasteiger partial charge in [0.15, 0.2) is 6.29 Å². The fourth-order valence-corrected chi connectivity index (χ4v) is 2.69. The minimum absolute atomic E-state index is 0.0000180. The van der Waals surface area contributed by atoms with E-state index >= 15 is 0 Å². The molecule has 102 valence electrons. The van der Waals surface area contributed by atoms with E-state index in [1.165, 1.54) is 5.56 Å². The molecule has 0 saturated heterocycles. The number of rotatable bonds is 7. The third-order valence-electron chi connectivity index (χ3n) is 3.60. The summed E-state index contributed by atoms with van der Waals surface area (Å²) in [6.45, 7) is 6.65. The van der Waals surface area contributed by atoms with Gasteiger partial charge >= 0.3 is 0 Å². The third-order valence-corrected chi connectivity index (χ3v) is 3.60. The summed E-state index contributed by atoms with van der Waals surface area (Å²) in [6, 6.07) is 10.7. The molecular weight excluding hydrogens is 224 g/mol. The highest BCUT2D eigenvalue weighted by molar-refractivity contribution is 5.19. The molecule has 1 atom stereocenters. The molecule has 0 heterocycles. The molecule has 0 aromatic heterocycles. The molecule has 2 heteroatoms. The van der Waals surface area contributed by atoms with Crippen molar-refractivity contribution in [1.29, 1.82) is 0 Å². The zero-order valence-corrected chi connectivity index (χ0v) is 12.3. The van der Waals surface area contributed by atoms with Crippen LogP contribution >= 0.6 is 0 Å². The first-order valence-corrected chi connectivity index (χ1v) is 6.65. The van der Waals surface area contributed by atoms with Crippen LogP contribution in [0.25, 0.3) is 0 Å². The van der Waals surface area contributed by atoms with E-state index in [9.17, 15) is 0 Å². The Bertz CT molecular complexity index is 328. The largest absolute Gasteiger partial charge is 0.355 e. The topological polar surface area (TPSA) is 18.5 Å². The number of methoxy groups -OCH3 is 2. The molecule has 0 bridgehead atoms. The van der Waals surface area contributed by atoms with E-state index in [-0.39, 0.29) is 11.7 Å².